The third-order valence-corrected chi connectivity index (χ3v) is 4.41. The van der Waals surface area contributed by atoms with Crippen molar-refractivity contribution in [1.82, 2.24) is 5.32 Å². The van der Waals surface area contributed by atoms with E-state index in [2.05, 4.69) is 11.9 Å². The number of carbonyl (C=O) groups is 2. The fourth-order valence-electron chi connectivity index (χ4n) is 2.82. The Hall–Kier alpha value is -1.52. The molecule has 5 heteroatoms. The summed E-state index contributed by atoms with van der Waals surface area (Å²) in [5, 5.41) is 2.71. The van der Waals surface area contributed by atoms with E-state index in [9.17, 15) is 9.59 Å². The molecule has 0 unspecified atom stereocenters. The summed E-state index contributed by atoms with van der Waals surface area (Å²) in [5.41, 5.74) is -1.51. The second-order valence-electron chi connectivity index (χ2n) is 9.30. The third kappa shape index (κ3) is 7.09. The smallest absolute Gasteiger partial charge is 0.408 e. The summed E-state index contributed by atoms with van der Waals surface area (Å²) in [6.45, 7) is 16.8. The Balaban J connectivity index is 2.62. The molecule has 1 saturated carbocycles. The van der Waals surface area contributed by atoms with E-state index in [1.54, 1.807) is 0 Å². The zero-order valence-corrected chi connectivity index (χ0v) is 16.9. The van der Waals surface area contributed by atoms with Gasteiger partial charge in [-0.2, -0.15) is 0 Å². The van der Waals surface area contributed by atoms with E-state index in [4.69, 9.17) is 9.47 Å². The molecule has 0 saturated heterocycles. The molecule has 0 spiro atoms. The van der Waals surface area contributed by atoms with Crippen LogP contribution in [-0.4, -0.2) is 29.3 Å². The molecule has 0 aromatic heterocycles. The van der Waals surface area contributed by atoms with Crippen molar-refractivity contribution in [2.45, 2.75) is 91.4 Å². The number of nitrogens with one attached hydrogen (secondary N) is 1. The van der Waals surface area contributed by atoms with E-state index in [1.165, 1.54) is 0 Å². The summed E-state index contributed by atoms with van der Waals surface area (Å²) < 4.78 is 11.1. The molecule has 144 valence electrons. The number of rotatable bonds is 7. The molecule has 25 heavy (non-hydrogen) atoms. The lowest BCUT2D eigenvalue weighted by atomic mass is 9.86. The van der Waals surface area contributed by atoms with E-state index in [0.29, 0.717) is 5.92 Å². The third-order valence-electron chi connectivity index (χ3n) is 4.41. The molecular formula is C20H35NO4. The Bertz CT molecular complexity index is 501. The molecule has 1 aliphatic carbocycles. The predicted octanol–water partition coefficient (Wildman–Crippen LogP) is 4.60. The standard InChI is InChI=1S/C20H35NO4/c1-9-10-11-12-14-13-20(14,8)25-17(23)21-15(18(2,3)4)16(22)24-19(5,6)7/h9,14-15H,1,10-13H2,2-8H3,(H,21,23)/t14-,15+,20-/m0/s1. The first kappa shape index (κ1) is 21.5. The fraction of sp³-hybridized carbons (Fsp3) is 0.800. The van der Waals surface area contributed by atoms with E-state index in [1.807, 2.05) is 54.5 Å². The Kier molecular flexibility index (Phi) is 6.71. The molecule has 0 bridgehead atoms. The van der Waals surface area contributed by atoms with Crippen molar-refractivity contribution >= 4 is 12.1 Å². The number of carbonyl (C=O) groups excluding carboxylic acids is 2. The Morgan fingerprint density at radius 1 is 1.28 bits per heavy atom. The van der Waals surface area contributed by atoms with Crippen LogP contribution in [0.1, 0.15) is 74.1 Å². The van der Waals surface area contributed by atoms with Gasteiger partial charge in [0.05, 0.1) is 0 Å². The summed E-state index contributed by atoms with van der Waals surface area (Å²) in [4.78, 5) is 24.8. The fourth-order valence-corrected chi connectivity index (χ4v) is 2.82. The average Bonchev–Trinajstić information content (AvgIpc) is 3.02. The van der Waals surface area contributed by atoms with E-state index in [0.717, 1.165) is 25.7 Å². The van der Waals surface area contributed by atoms with Crippen LogP contribution in [-0.2, 0) is 14.3 Å². The first-order valence-corrected chi connectivity index (χ1v) is 9.12. The van der Waals surface area contributed by atoms with Gasteiger partial charge in [-0.25, -0.2) is 9.59 Å². The Labute approximate surface area is 152 Å². The van der Waals surface area contributed by atoms with Crippen LogP contribution < -0.4 is 5.32 Å². The van der Waals surface area contributed by atoms with E-state index < -0.39 is 34.7 Å². The normalized spacial score (nSPS) is 24.2. The Morgan fingerprint density at radius 2 is 1.88 bits per heavy atom. The summed E-state index contributed by atoms with van der Waals surface area (Å²) in [6, 6.07) is -0.763. The first-order chi connectivity index (χ1) is 11.3. The summed E-state index contributed by atoms with van der Waals surface area (Å²) in [7, 11) is 0. The largest absolute Gasteiger partial charge is 0.458 e. The van der Waals surface area contributed by atoms with Gasteiger partial charge in [0.2, 0.25) is 0 Å². The zero-order chi connectivity index (χ0) is 19.5. The van der Waals surface area contributed by atoms with Gasteiger partial charge in [0.1, 0.15) is 17.2 Å². The second kappa shape index (κ2) is 7.79. The van der Waals surface area contributed by atoms with Gasteiger partial charge < -0.3 is 14.8 Å². The molecule has 0 aliphatic heterocycles. The highest BCUT2D eigenvalue weighted by Gasteiger charge is 2.53. The lowest BCUT2D eigenvalue weighted by Crippen LogP contribution is -2.52. The molecule has 1 rings (SSSR count). The highest BCUT2D eigenvalue weighted by molar-refractivity contribution is 5.82. The van der Waals surface area contributed by atoms with Crippen molar-refractivity contribution < 1.29 is 19.1 Å². The number of hydrogen-bond donors (Lipinski definition) is 1. The number of hydrogen-bond acceptors (Lipinski definition) is 4. The molecule has 0 heterocycles. The van der Waals surface area contributed by atoms with Crippen molar-refractivity contribution in [1.29, 1.82) is 0 Å². The van der Waals surface area contributed by atoms with Crippen LogP contribution in [0.15, 0.2) is 12.7 Å². The number of unbranched alkanes of at least 4 members (excludes halogenated alkanes) is 1. The molecule has 1 fully saturated rings. The van der Waals surface area contributed by atoms with Crippen LogP contribution >= 0.6 is 0 Å². The lowest BCUT2D eigenvalue weighted by Gasteiger charge is -2.32. The zero-order valence-electron chi connectivity index (χ0n) is 16.9. The minimum Gasteiger partial charge on any atom is -0.458 e. The predicted molar refractivity (Wildman–Crippen MR) is 99.3 cm³/mol. The van der Waals surface area contributed by atoms with Gasteiger partial charge >= 0.3 is 12.1 Å². The molecule has 3 atom stereocenters. The number of allylic oxidation sites excluding steroid dienone is 1. The van der Waals surface area contributed by atoms with Gasteiger partial charge in [-0.15, -0.1) is 6.58 Å². The van der Waals surface area contributed by atoms with Gasteiger partial charge in [0.25, 0.3) is 0 Å². The summed E-state index contributed by atoms with van der Waals surface area (Å²) in [6.07, 6.45) is 5.26. The lowest BCUT2D eigenvalue weighted by molar-refractivity contribution is -0.160. The SMILES string of the molecule is C=CCCC[C@H]1C[C@]1(C)OC(=O)N[C@H](C(=O)OC(C)(C)C)C(C)(C)C. The van der Waals surface area contributed by atoms with Crippen molar-refractivity contribution in [3.63, 3.8) is 0 Å². The molecule has 5 nitrogen and oxygen atoms in total. The molecule has 1 aliphatic rings. The van der Waals surface area contributed by atoms with Crippen LogP contribution in [0.2, 0.25) is 0 Å². The molecule has 1 N–H and O–H groups in total. The average molecular weight is 354 g/mol. The topological polar surface area (TPSA) is 64.6 Å². The molecular weight excluding hydrogens is 318 g/mol. The van der Waals surface area contributed by atoms with Crippen LogP contribution in [0.4, 0.5) is 4.79 Å². The number of amides is 1. The van der Waals surface area contributed by atoms with Gasteiger partial charge in [0, 0.05) is 5.92 Å². The maximum absolute atomic E-state index is 12.5. The van der Waals surface area contributed by atoms with Gasteiger partial charge in [0.15, 0.2) is 0 Å². The van der Waals surface area contributed by atoms with Gasteiger partial charge in [-0.1, -0.05) is 26.8 Å². The number of esters is 1. The molecule has 0 aromatic carbocycles. The summed E-state index contributed by atoms with van der Waals surface area (Å²) >= 11 is 0. The Morgan fingerprint density at radius 3 is 2.36 bits per heavy atom. The number of alkyl carbamates (subject to hydrolysis) is 1. The maximum atomic E-state index is 12.5. The van der Waals surface area contributed by atoms with Gasteiger partial charge in [-0.05, 0) is 58.8 Å². The van der Waals surface area contributed by atoms with Crippen LogP contribution in [0.25, 0.3) is 0 Å². The minimum absolute atomic E-state index is 0.382. The molecule has 0 aromatic rings. The second-order valence-corrected chi connectivity index (χ2v) is 9.30. The van der Waals surface area contributed by atoms with Crippen molar-refractivity contribution in [2.75, 3.05) is 0 Å². The van der Waals surface area contributed by atoms with E-state index >= 15 is 0 Å². The maximum Gasteiger partial charge on any atom is 0.408 e. The number of ether oxygens (including phenoxy) is 2. The highest BCUT2D eigenvalue weighted by atomic mass is 16.6. The van der Waals surface area contributed by atoms with Gasteiger partial charge in [-0.3, -0.25) is 0 Å². The summed E-state index contributed by atoms with van der Waals surface area (Å²) in [5.74, 6) is -0.0618. The monoisotopic (exact) mass is 353 g/mol. The quantitative estimate of drug-likeness (QED) is 0.412. The van der Waals surface area contributed by atoms with E-state index in [-0.39, 0.29) is 0 Å². The highest BCUT2D eigenvalue weighted by Crippen LogP contribution is 2.49. The van der Waals surface area contributed by atoms with Crippen molar-refractivity contribution in [3.8, 4) is 0 Å². The van der Waals surface area contributed by atoms with Crippen LogP contribution in [0.5, 0.6) is 0 Å². The van der Waals surface area contributed by atoms with Crippen LogP contribution in [0.3, 0.4) is 0 Å². The van der Waals surface area contributed by atoms with Crippen molar-refractivity contribution in [2.24, 2.45) is 11.3 Å². The molecule has 0 radical (unpaired) electrons. The minimum atomic E-state index is -0.763. The first-order valence-electron chi connectivity index (χ1n) is 9.12. The van der Waals surface area contributed by atoms with Crippen molar-refractivity contribution in [3.05, 3.63) is 12.7 Å². The van der Waals surface area contributed by atoms with Crippen LogP contribution in [0, 0.1) is 11.3 Å². The molecule has 1 amide bonds.